The number of H-pyrrole nitrogens is 1. The quantitative estimate of drug-likeness (QED) is 0.0229. The van der Waals surface area contributed by atoms with Crippen molar-refractivity contribution in [2.45, 2.75) is 106 Å². The van der Waals surface area contributed by atoms with E-state index in [1.807, 2.05) is 54.6 Å². The summed E-state index contributed by atoms with van der Waals surface area (Å²) in [6, 6.07) is 26.8. The van der Waals surface area contributed by atoms with Gasteiger partial charge in [0, 0.05) is 36.5 Å². The molecule has 1 heterocycles. The Balaban J connectivity index is 1.31. The van der Waals surface area contributed by atoms with Crippen LogP contribution in [0.2, 0.25) is 0 Å². The Bertz CT molecular complexity index is 2700. The maximum Gasteiger partial charge on any atom is 0.336 e. The Morgan fingerprint density at radius 1 is 0.653 bits per heavy atom. The van der Waals surface area contributed by atoms with Crippen LogP contribution >= 0.6 is 0 Å². The van der Waals surface area contributed by atoms with Gasteiger partial charge in [-0.15, -0.1) is 0 Å². The molecule has 15 N–H and O–H groups in total. The smallest absolute Gasteiger partial charge is 0.336 e. The number of nitrogens with two attached hydrogens (primary N) is 4. The molecule has 19 heteroatoms. The summed E-state index contributed by atoms with van der Waals surface area (Å²) in [7, 11) is 0. The molecule has 6 amide bonds. The summed E-state index contributed by atoms with van der Waals surface area (Å²) in [6.07, 6.45) is 4.43. The molecule has 0 saturated heterocycles. The number of fused-ring (bicyclic) bond motifs is 1. The molecule has 1 aliphatic carbocycles. The number of aromatic amines is 1. The third kappa shape index (κ3) is 14.5. The molecule has 4 aromatic carbocycles. The number of nitrogens with one attached hydrogen (secondary N) is 6. The van der Waals surface area contributed by atoms with Crippen molar-refractivity contribution in [2.75, 3.05) is 13.1 Å². The molecule has 0 aliphatic heterocycles. The standard InChI is InChI=1S/C53H65N11O8/c54-28-12-11-22-41(45(55)65)60-49(69)44(31-36-32-59-40-21-10-9-18-37(36)40)62-47(67)42(23-13-29-58-52(56)57)61-48(68)43(30-33-14-3-1-4-15-33)63-51(72)53(26-24-35(25-27-53)34-16-5-2-6-17-34)64-46(66)38-19-7-8-20-39(38)50(70)71/h1-10,14-21,32,35,41-44,59H,11-13,22-31,54H2,(H2,55,65)(H,60,69)(H,61,68)(H,62,67)(H,63,72)(H,64,66)(H,70,71)(H4,56,57,58)/t35?,41-,42-,43+,44-,53?/m0/s1. The highest BCUT2D eigenvalue weighted by Gasteiger charge is 2.45. The van der Waals surface area contributed by atoms with Gasteiger partial charge in [0.25, 0.3) is 5.91 Å². The number of unbranched alkanes of at least 4 members (excludes halogenated alkanes) is 1. The lowest BCUT2D eigenvalue weighted by atomic mass is 9.73. The van der Waals surface area contributed by atoms with Crippen LogP contribution in [0.5, 0.6) is 0 Å². The van der Waals surface area contributed by atoms with Gasteiger partial charge in [-0.3, -0.25) is 33.8 Å². The highest BCUT2D eigenvalue weighted by Crippen LogP contribution is 2.39. The van der Waals surface area contributed by atoms with Crippen LogP contribution in [0.4, 0.5) is 0 Å². The van der Waals surface area contributed by atoms with Crippen LogP contribution in [0.15, 0.2) is 120 Å². The normalized spacial score (nSPS) is 17.0. The first kappa shape index (κ1) is 53.3. The third-order valence-corrected chi connectivity index (χ3v) is 13.1. The average molecular weight is 984 g/mol. The number of amides is 6. The van der Waals surface area contributed by atoms with Gasteiger partial charge in [-0.25, -0.2) is 4.79 Å². The monoisotopic (exact) mass is 984 g/mol. The maximum absolute atomic E-state index is 15.0. The van der Waals surface area contributed by atoms with Gasteiger partial charge in [-0.2, -0.15) is 0 Å². The van der Waals surface area contributed by atoms with Crippen LogP contribution in [0, 0.1) is 0 Å². The largest absolute Gasteiger partial charge is 0.478 e. The van der Waals surface area contributed by atoms with Crippen molar-refractivity contribution >= 4 is 58.3 Å². The molecule has 5 aromatic rings. The summed E-state index contributed by atoms with van der Waals surface area (Å²) in [5.74, 6) is -5.85. The minimum atomic E-state index is -1.59. The number of nitrogens with zero attached hydrogens (tertiary/aromatic N) is 1. The number of para-hydroxylation sites is 1. The molecule has 1 saturated carbocycles. The number of benzene rings is 4. The molecule has 0 spiro atoms. The van der Waals surface area contributed by atoms with Crippen molar-refractivity contribution < 1.29 is 38.7 Å². The molecular weight excluding hydrogens is 919 g/mol. The summed E-state index contributed by atoms with van der Waals surface area (Å²) in [4.78, 5) is 105. The van der Waals surface area contributed by atoms with E-state index in [4.69, 9.17) is 22.9 Å². The molecule has 6 rings (SSSR count). The molecule has 72 heavy (non-hydrogen) atoms. The number of aromatic carboxylic acids is 1. The number of guanidine groups is 1. The van der Waals surface area contributed by atoms with E-state index >= 15 is 4.79 Å². The second-order valence-electron chi connectivity index (χ2n) is 18.2. The first-order valence-corrected chi connectivity index (χ1v) is 24.2. The summed E-state index contributed by atoms with van der Waals surface area (Å²) in [6.45, 7) is 0.465. The molecule has 1 fully saturated rings. The van der Waals surface area contributed by atoms with E-state index in [2.05, 4.69) is 36.6 Å². The van der Waals surface area contributed by atoms with Gasteiger partial charge >= 0.3 is 5.97 Å². The highest BCUT2D eigenvalue weighted by atomic mass is 16.4. The average Bonchev–Trinajstić information content (AvgIpc) is 3.79. The van der Waals surface area contributed by atoms with Gasteiger partial charge in [-0.1, -0.05) is 91.0 Å². The Morgan fingerprint density at radius 3 is 1.88 bits per heavy atom. The molecule has 4 atom stereocenters. The van der Waals surface area contributed by atoms with Gasteiger partial charge in [-0.05, 0) is 105 Å². The molecule has 1 aliphatic rings. The molecule has 0 radical (unpaired) electrons. The number of aliphatic imine (C=N–C) groups is 1. The fraction of sp³-hybridized carbons (Fsp3) is 0.358. The number of carboxylic acid groups (broad SMARTS) is 1. The highest BCUT2D eigenvalue weighted by molar-refractivity contribution is 6.07. The lowest BCUT2D eigenvalue weighted by Gasteiger charge is -2.40. The predicted octanol–water partition coefficient (Wildman–Crippen LogP) is 2.79. The van der Waals surface area contributed by atoms with E-state index in [1.54, 1.807) is 36.5 Å². The number of carboxylic acids is 1. The van der Waals surface area contributed by atoms with E-state index in [0.717, 1.165) is 16.5 Å². The van der Waals surface area contributed by atoms with E-state index in [-0.39, 0.29) is 74.5 Å². The minimum Gasteiger partial charge on any atom is -0.478 e. The fourth-order valence-electron chi connectivity index (χ4n) is 9.18. The van der Waals surface area contributed by atoms with Crippen LogP contribution in [0.1, 0.15) is 101 Å². The summed E-state index contributed by atoms with van der Waals surface area (Å²) in [5.41, 5.74) is 23.8. The van der Waals surface area contributed by atoms with Gasteiger partial charge in [0.2, 0.25) is 29.5 Å². The summed E-state index contributed by atoms with van der Waals surface area (Å²) < 4.78 is 0. The third-order valence-electron chi connectivity index (χ3n) is 13.1. The van der Waals surface area contributed by atoms with E-state index in [9.17, 15) is 33.9 Å². The van der Waals surface area contributed by atoms with Crippen LogP contribution in [-0.2, 0) is 36.8 Å². The zero-order valence-electron chi connectivity index (χ0n) is 40.1. The lowest BCUT2D eigenvalue weighted by molar-refractivity contribution is -0.136. The van der Waals surface area contributed by atoms with Crippen molar-refractivity contribution in [1.29, 1.82) is 0 Å². The van der Waals surface area contributed by atoms with Crippen molar-refractivity contribution in [1.82, 2.24) is 31.6 Å². The van der Waals surface area contributed by atoms with E-state index in [1.165, 1.54) is 24.3 Å². The first-order chi connectivity index (χ1) is 34.7. The van der Waals surface area contributed by atoms with Crippen molar-refractivity contribution in [3.05, 3.63) is 143 Å². The van der Waals surface area contributed by atoms with E-state index < -0.39 is 71.1 Å². The second-order valence-corrected chi connectivity index (χ2v) is 18.2. The van der Waals surface area contributed by atoms with Crippen LogP contribution < -0.4 is 49.5 Å². The molecular formula is C53H65N11O8. The summed E-state index contributed by atoms with van der Waals surface area (Å²) in [5, 5.41) is 24.9. The molecule has 0 bridgehead atoms. The maximum atomic E-state index is 15.0. The molecule has 1 aromatic heterocycles. The van der Waals surface area contributed by atoms with Crippen molar-refractivity contribution in [2.24, 2.45) is 27.9 Å². The van der Waals surface area contributed by atoms with Crippen molar-refractivity contribution in [3.8, 4) is 0 Å². The van der Waals surface area contributed by atoms with Gasteiger partial charge in [0.1, 0.15) is 29.7 Å². The Hall–Kier alpha value is -8.06. The number of aromatic nitrogens is 1. The molecule has 380 valence electrons. The SMILES string of the molecule is NCCCC[C@H](NC(=O)[C@H](Cc1c[nH]c2ccccc12)NC(=O)[C@H](CCCN=C(N)N)NC(=O)[C@@H](Cc1ccccc1)NC(=O)C1(NC(=O)c2ccccc2C(=O)O)CCC(c2ccccc2)CC1)C(N)=O. The van der Waals surface area contributed by atoms with Crippen LogP contribution in [0.3, 0.4) is 0 Å². The Labute approximate surface area is 417 Å². The first-order valence-electron chi connectivity index (χ1n) is 24.2. The van der Waals surface area contributed by atoms with E-state index in [0.29, 0.717) is 43.4 Å². The van der Waals surface area contributed by atoms with Crippen LogP contribution in [-0.4, -0.2) is 100 Å². The van der Waals surface area contributed by atoms with Crippen LogP contribution in [0.25, 0.3) is 10.9 Å². The number of carbonyl (C=O) groups is 7. The molecule has 0 unspecified atom stereocenters. The fourth-order valence-corrected chi connectivity index (χ4v) is 9.18. The second kappa shape index (κ2) is 25.7. The van der Waals surface area contributed by atoms with Crippen molar-refractivity contribution in [3.63, 3.8) is 0 Å². The minimum absolute atomic E-state index is 0.0192. The van der Waals surface area contributed by atoms with Gasteiger partial charge in [0.05, 0.1) is 11.1 Å². The predicted molar refractivity (Wildman–Crippen MR) is 273 cm³/mol. The lowest BCUT2D eigenvalue weighted by Crippen LogP contribution is -2.64. The number of carbonyl (C=O) groups excluding carboxylic acids is 6. The Morgan fingerprint density at radius 2 is 1.22 bits per heavy atom. The number of hydrogen-bond donors (Lipinski definition) is 11. The zero-order valence-corrected chi connectivity index (χ0v) is 40.1. The zero-order chi connectivity index (χ0) is 51.6. The Kier molecular flexibility index (Phi) is 19.0. The van der Waals surface area contributed by atoms with Gasteiger partial charge in [0.15, 0.2) is 5.96 Å². The number of rotatable bonds is 25. The summed E-state index contributed by atoms with van der Waals surface area (Å²) >= 11 is 0. The topological polar surface area (TPSA) is 332 Å². The number of primary amides is 1. The van der Waals surface area contributed by atoms with Gasteiger partial charge < -0.3 is 59.6 Å². The molecule has 19 nitrogen and oxygen atoms in total. The number of hydrogen-bond acceptors (Lipinski definition) is 9.